The molecule has 0 aromatic heterocycles. The number of sulfonamides is 1. The molecule has 1 unspecified atom stereocenters. The molecular weight excluding hydrogens is 621 g/mol. The molecule has 2 amide bonds. The quantitative estimate of drug-likeness (QED) is 0.232. The molecule has 4 rings (SSSR count). The molecule has 3 aromatic rings. The number of aryl methyl sites for hydroxylation is 1. The van der Waals surface area contributed by atoms with Crippen LogP contribution in [0.5, 0.6) is 5.75 Å². The summed E-state index contributed by atoms with van der Waals surface area (Å²) in [7, 11) is -4.23. The van der Waals surface area contributed by atoms with Gasteiger partial charge in [-0.2, -0.15) is 0 Å². The summed E-state index contributed by atoms with van der Waals surface area (Å²) in [5.74, 6) is -0.546. The van der Waals surface area contributed by atoms with Gasteiger partial charge in [0.2, 0.25) is 11.8 Å². The van der Waals surface area contributed by atoms with E-state index in [0.29, 0.717) is 28.0 Å². The van der Waals surface area contributed by atoms with Gasteiger partial charge in [-0.3, -0.25) is 13.9 Å². The number of carbonyl (C=O) groups is 2. The maximum Gasteiger partial charge on any atom is 0.264 e. The van der Waals surface area contributed by atoms with E-state index >= 15 is 0 Å². The normalized spacial score (nSPS) is 14.5. The number of hydrogen-bond acceptors (Lipinski definition) is 5. The Morgan fingerprint density at radius 1 is 0.977 bits per heavy atom. The smallest absolute Gasteiger partial charge is 0.264 e. The van der Waals surface area contributed by atoms with Crippen LogP contribution in [0.1, 0.15) is 57.1 Å². The monoisotopic (exact) mass is 659 g/mol. The highest BCUT2D eigenvalue weighted by molar-refractivity contribution is 7.92. The number of benzene rings is 3. The molecule has 0 aliphatic heterocycles. The van der Waals surface area contributed by atoms with E-state index in [1.54, 1.807) is 68.4 Å². The Bertz CT molecular complexity index is 1560. The van der Waals surface area contributed by atoms with E-state index in [9.17, 15) is 18.0 Å². The number of amides is 2. The molecule has 3 aromatic carbocycles. The number of hydrogen-bond donors (Lipinski definition) is 1. The first-order valence-corrected chi connectivity index (χ1v) is 17.1. The minimum Gasteiger partial charge on any atom is -0.492 e. The van der Waals surface area contributed by atoms with Gasteiger partial charge in [-0.05, 0) is 75.6 Å². The van der Waals surface area contributed by atoms with Crippen LogP contribution in [0.3, 0.4) is 0 Å². The first kappa shape index (κ1) is 33.6. The topological polar surface area (TPSA) is 96.0 Å². The number of nitrogens with one attached hydrogen (secondary N) is 1. The first-order chi connectivity index (χ1) is 21.0. The molecule has 8 nitrogen and oxygen atoms in total. The van der Waals surface area contributed by atoms with Crippen LogP contribution < -0.4 is 14.4 Å². The highest BCUT2D eigenvalue weighted by Gasteiger charge is 2.34. The van der Waals surface area contributed by atoms with Gasteiger partial charge in [0.25, 0.3) is 10.0 Å². The van der Waals surface area contributed by atoms with E-state index in [0.717, 1.165) is 42.0 Å². The number of anilines is 1. The zero-order valence-electron chi connectivity index (χ0n) is 25.3. The predicted octanol–water partition coefficient (Wildman–Crippen LogP) is 6.76. The number of nitrogens with zero attached hydrogens (tertiary/aromatic N) is 2. The van der Waals surface area contributed by atoms with Crippen LogP contribution in [-0.4, -0.2) is 50.4 Å². The lowest BCUT2D eigenvalue weighted by Gasteiger charge is -2.33. The fourth-order valence-electron chi connectivity index (χ4n) is 5.28. The van der Waals surface area contributed by atoms with Gasteiger partial charge in [0, 0.05) is 12.6 Å². The van der Waals surface area contributed by atoms with Crippen molar-refractivity contribution >= 4 is 50.7 Å². The summed E-state index contributed by atoms with van der Waals surface area (Å²) in [5, 5.41) is 3.77. The van der Waals surface area contributed by atoms with Crippen molar-refractivity contribution in [2.24, 2.45) is 0 Å². The Morgan fingerprint density at radius 3 is 2.32 bits per heavy atom. The van der Waals surface area contributed by atoms with Gasteiger partial charge in [0.1, 0.15) is 18.3 Å². The van der Waals surface area contributed by atoms with E-state index in [4.69, 9.17) is 27.9 Å². The van der Waals surface area contributed by atoms with Crippen molar-refractivity contribution in [1.82, 2.24) is 10.2 Å². The third kappa shape index (κ3) is 8.25. The molecule has 1 fully saturated rings. The Labute approximate surface area is 270 Å². The lowest BCUT2D eigenvalue weighted by Crippen LogP contribution is -2.53. The molecule has 11 heteroatoms. The lowest BCUT2D eigenvalue weighted by atomic mass is 9.95. The van der Waals surface area contributed by atoms with Gasteiger partial charge < -0.3 is 15.0 Å². The van der Waals surface area contributed by atoms with Crippen molar-refractivity contribution in [2.45, 2.75) is 76.4 Å². The highest BCUT2D eigenvalue weighted by Crippen LogP contribution is 2.33. The van der Waals surface area contributed by atoms with Gasteiger partial charge >= 0.3 is 0 Å². The molecule has 0 bridgehead atoms. The minimum atomic E-state index is -4.23. The van der Waals surface area contributed by atoms with Gasteiger partial charge in [0.15, 0.2) is 0 Å². The first-order valence-electron chi connectivity index (χ1n) is 14.9. The predicted molar refractivity (Wildman–Crippen MR) is 175 cm³/mol. The van der Waals surface area contributed by atoms with Crippen LogP contribution in [-0.2, 0) is 26.2 Å². The summed E-state index contributed by atoms with van der Waals surface area (Å²) in [6.45, 7) is 5.06. The van der Waals surface area contributed by atoms with Crippen LogP contribution in [0.15, 0.2) is 71.6 Å². The number of rotatable bonds is 12. The van der Waals surface area contributed by atoms with Crippen molar-refractivity contribution in [2.75, 3.05) is 17.5 Å². The van der Waals surface area contributed by atoms with E-state index < -0.39 is 28.5 Å². The largest absolute Gasteiger partial charge is 0.492 e. The second-order valence-corrected chi connectivity index (χ2v) is 13.7. The lowest BCUT2D eigenvalue weighted by molar-refractivity contribution is -0.139. The SMILES string of the molecule is CCOc1ccccc1N(CC(=O)N(Cc1ccc(Cl)c(Cl)c1)C(C)C(=O)NC1CCCCC1)S(=O)(=O)c1ccc(C)cc1. The van der Waals surface area contributed by atoms with Crippen LogP contribution in [0.4, 0.5) is 5.69 Å². The van der Waals surface area contributed by atoms with Crippen molar-refractivity contribution in [3.05, 3.63) is 87.9 Å². The number of carbonyl (C=O) groups excluding carboxylic acids is 2. The Kier molecular flexibility index (Phi) is 11.6. The molecule has 0 saturated heterocycles. The van der Waals surface area contributed by atoms with E-state index in [-0.39, 0.29) is 29.1 Å². The average molecular weight is 661 g/mol. The Balaban J connectivity index is 1.73. The maximum atomic E-state index is 14.3. The summed E-state index contributed by atoms with van der Waals surface area (Å²) in [4.78, 5) is 29.2. The summed E-state index contributed by atoms with van der Waals surface area (Å²) in [6.07, 6.45) is 4.98. The Hall–Kier alpha value is -3.27. The zero-order chi connectivity index (χ0) is 31.9. The molecule has 0 heterocycles. The third-order valence-corrected chi connectivity index (χ3v) is 10.3. The minimum absolute atomic E-state index is 0.0144. The summed E-state index contributed by atoms with van der Waals surface area (Å²) in [6, 6.07) is 17.3. The fraction of sp³-hybridized carbons (Fsp3) is 0.394. The van der Waals surface area contributed by atoms with Crippen molar-refractivity contribution in [3.8, 4) is 5.75 Å². The standard InChI is InChI=1S/C33H39Cl2N3O5S/c1-4-43-31-13-9-8-12-30(31)38(44(41,42)27-17-14-23(2)15-18-27)22-32(39)37(21-25-16-19-28(34)29(35)20-25)24(3)33(40)36-26-10-6-5-7-11-26/h8-9,12-20,24,26H,4-7,10-11,21-22H2,1-3H3,(H,36,40). The molecule has 236 valence electrons. The number of para-hydroxylation sites is 2. The van der Waals surface area contributed by atoms with Crippen LogP contribution in [0.2, 0.25) is 10.0 Å². The van der Waals surface area contributed by atoms with Crippen molar-refractivity contribution in [3.63, 3.8) is 0 Å². The van der Waals surface area contributed by atoms with E-state index in [1.807, 2.05) is 6.92 Å². The average Bonchev–Trinajstić information content (AvgIpc) is 3.01. The molecule has 1 atom stereocenters. The third-order valence-electron chi connectivity index (χ3n) is 7.78. The zero-order valence-corrected chi connectivity index (χ0v) is 27.6. The van der Waals surface area contributed by atoms with Crippen LogP contribution >= 0.6 is 23.2 Å². The van der Waals surface area contributed by atoms with E-state index in [1.165, 1.54) is 17.0 Å². The molecular formula is C33H39Cl2N3O5S. The van der Waals surface area contributed by atoms with E-state index in [2.05, 4.69) is 5.32 Å². The van der Waals surface area contributed by atoms with Crippen molar-refractivity contribution in [1.29, 1.82) is 0 Å². The number of ether oxygens (including phenoxy) is 1. The summed E-state index contributed by atoms with van der Waals surface area (Å²) >= 11 is 12.4. The van der Waals surface area contributed by atoms with Gasteiger partial charge in [-0.1, -0.05) is 78.4 Å². The Morgan fingerprint density at radius 2 is 1.66 bits per heavy atom. The van der Waals surface area contributed by atoms with Crippen molar-refractivity contribution < 1.29 is 22.7 Å². The molecule has 1 aliphatic carbocycles. The van der Waals surface area contributed by atoms with Crippen LogP contribution in [0.25, 0.3) is 0 Å². The number of halogens is 2. The molecule has 0 spiro atoms. The molecule has 44 heavy (non-hydrogen) atoms. The fourth-order valence-corrected chi connectivity index (χ4v) is 7.02. The second-order valence-electron chi connectivity index (χ2n) is 11.0. The second kappa shape index (κ2) is 15.1. The van der Waals surface area contributed by atoms with Gasteiger partial charge in [0.05, 0.1) is 27.2 Å². The molecule has 0 radical (unpaired) electrons. The van der Waals surface area contributed by atoms with Gasteiger partial charge in [-0.25, -0.2) is 8.42 Å². The van der Waals surface area contributed by atoms with Crippen LogP contribution in [0, 0.1) is 6.92 Å². The summed E-state index contributed by atoms with van der Waals surface area (Å²) in [5.41, 5.74) is 1.76. The molecule has 1 N–H and O–H groups in total. The van der Waals surface area contributed by atoms with Gasteiger partial charge in [-0.15, -0.1) is 0 Å². The maximum absolute atomic E-state index is 14.3. The highest BCUT2D eigenvalue weighted by atomic mass is 35.5. The summed E-state index contributed by atoms with van der Waals surface area (Å²) < 4.78 is 35.1. The molecule has 1 aliphatic rings. The molecule has 1 saturated carbocycles.